The van der Waals surface area contributed by atoms with Crippen LogP contribution in [0.4, 0.5) is 5.95 Å². The van der Waals surface area contributed by atoms with Crippen molar-refractivity contribution in [2.45, 2.75) is 26.4 Å². The normalized spacial score (nSPS) is 13.9. The van der Waals surface area contributed by atoms with Crippen molar-refractivity contribution < 1.29 is 9.59 Å². The molecule has 7 heteroatoms. The molecule has 0 unspecified atom stereocenters. The molecule has 146 valence electrons. The van der Waals surface area contributed by atoms with Crippen molar-refractivity contribution in [3.8, 4) is 0 Å². The minimum absolute atomic E-state index is 0.0682. The first-order valence-corrected chi connectivity index (χ1v) is 9.84. The van der Waals surface area contributed by atoms with Crippen LogP contribution in [0, 0.1) is 0 Å². The molecule has 0 saturated carbocycles. The number of imidazole rings is 1. The summed E-state index contributed by atoms with van der Waals surface area (Å²) in [5.41, 5.74) is 3.92. The Morgan fingerprint density at radius 3 is 2.90 bits per heavy atom. The average Bonchev–Trinajstić information content (AvgIpc) is 3.22. The number of carbonyl (C=O) groups excluding carboxylic acids is 2. The van der Waals surface area contributed by atoms with Gasteiger partial charge in [0, 0.05) is 36.1 Å². The van der Waals surface area contributed by atoms with Gasteiger partial charge < -0.3 is 14.5 Å². The number of benzene rings is 2. The van der Waals surface area contributed by atoms with Gasteiger partial charge in [0.1, 0.15) is 5.69 Å². The first-order chi connectivity index (χ1) is 14.2. The molecule has 3 heterocycles. The molecule has 0 spiro atoms. The Kier molecular flexibility index (Phi) is 4.08. The maximum absolute atomic E-state index is 13.0. The van der Waals surface area contributed by atoms with Crippen molar-refractivity contribution in [1.29, 1.82) is 0 Å². The third kappa shape index (κ3) is 2.86. The van der Waals surface area contributed by atoms with Crippen molar-refractivity contribution in [2.75, 3.05) is 11.9 Å². The van der Waals surface area contributed by atoms with E-state index in [2.05, 4.69) is 15.6 Å². The van der Waals surface area contributed by atoms with Crippen LogP contribution in [-0.4, -0.2) is 32.5 Å². The van der Waals surface area contributed by atoms with E-state index < -0.39 is 0 Å². The summed E-state index contributed by atoms with van der Waals surface area (Å²) in [6.45, 7) is 4.14. The van der Waals surface area contributed by atoms with Crippen LogP contribution < -0.4 is 10.6 Å². The Balaban J connectivity index is 1.52. The topological polar surface area (TPSA) is 81.0 Å². The number of anilines is 1. The molecule has 0 atom stereocenters. The van der Waals surface area contributed by atoms with Crippen LogP contribution in [0.3, 0.4) is 0 Å². The second-order valence-electron chi connectivity index (χ2n) is 7.19. The molecule has 5 rings (SSSR count). The van der Waals surface area contributed by atoms with E-state index >= 15 is 0 Å². The number of fused-ring (bicyclic) bond motifs is 4. The highest BCUT2D eigenvalue weighted by molar-refractivity contribution is 6.07. The summed E-state index contributed by atoms with van der Waals surface area (Å²) in [6.07, 6.45) is 0.861. The molecule has 7 nitrogen and oxygen atoms in total. The van der Waals surface area contributed by atoms with Gasteiger partial charge in [0.25, 0.3) is 11.8 Å². The van der Waals surface area contributed by atoms with Crippen LogP contribution in [-0.2, 0) is 13.1 Å². The second kappa shape index (κ2) is 6.77. The lowest BCUT2D eigenvalue weighted by molar-refractivity contribution is 0.0950. The summed E-state index contributed by atoms with van der Waals surface area (Å²) in [5, 5.41) is 6.81. The molecule has 2 aromatic carbocycles. The van der Waals surface area contributed by atoms with Gasteiger partial charge in [0.15, 0.2) is 0 Å². The van der Waals surface area contributed by atoms with Crippen LogP contribution in [0.25, 0.3) is 21.9 Å². The fourth-order valence-corrected chi connectivity index (χ4v) is 4.02. The quantitative estimate of drug-likeness (QED) is 0.565. The van der Waals surface area contributed by atoms with Crippen LogP contribution in [0.1, 0.15) is 34.2 Å². The highest BCUT2D eigenvalue weighted by Gasteiger charge is 2.20. The van der Waals surface area contributed by atoms with Gasteiger partial charge in [-0.2, -0.15) is 0 Å². The molecule has 0 saturated heterocycles. The molecule has 29 heavy (non-hydrogen) atoms. The van der Waals surface area contributed by atoms with Crippen molar-refractivity contribution >= 4 is 39.7 Å². The molecule has 0 bridgehead atoms. The van der Waals surface area contributed by atoms with E-state index in [0.29, 0.717) is 30.3 Å². The van der Waals surface area contributed by atoms with Gasteiger partial charge in [-0.25, -0.2) is 4.98 Å². The van der Waals surface area contributed by atoms with Gasteiger partial charge in [0.05, 0.1) is 11.0 Å². The molecule has 4 aromatic rings. The predicted molar refractivity (Wildman–Crippen MR) is 112 cm³/mol. The number of rotatable bonds is 3. The van der Waals surface area contributed by atoms with Gasteiger partial charge in [-0.05, 0) is 43.7 Å². The average molecular weight is 387 g/mol. The van der Waals surface area contributed by atoms with Crippen LogP contribution in [0.2, 0.25) is 0 Å². The largest absolute Gasteiger partial charge is 0.351 e. The van der Waals surface area contributed by atoms with Gasteiger partial charge >= 0.3 is 0 Å². The number of amides is 2. The molecular formula is C22H21N5O2. The maximum Gasteiger partial charge on any atom is 0.267 e. The summed E-state index contributed by atoms with van der Waals surface area (Å²) in [7, 11) is 0. The fourth-order valence-electron chi connectivity index (χ4n) is 4.02. The Hall–Kier alpha value is -3.61. The fraction of sp³-hybridized carbons (Fsp3) is 0.227. The molecule has 0 aliphatic carbocycles. The smallest absolute Gasteiger partial charge is 0.267 e. The molecule has 2 amide bonds. The highest BCUT2D eigenvalue weighted by atomic mass is 16.2. The summed E-state index contributed by atoms with van der Waals surface area (Å²) >= 11 is 0. The number of nitrogens with zero attached hydrogens (tertiary/aromatic N) is 3. The SMILES string of the molecule is CCn1c(NC(=O)c2ccc3cc4n(c3c2)CCCNC4=O)nc2ccccc21. The zero-order valence-corrected chi connectivity index (χ0v) is 16.1. The van der Waals surface area contributed by atoms with Crippen LogP contribution in [0.5, 0.6) is 0 Å². The number of nitrogens with one attached hydrogen (secondary N) is 2. The lowest BCUT2D eigenvalue weighted by Gasteiger charge is -2.09. The minimum Gasteiger partial charge on any atom is -0.351 e. The lowest BCUT2D eigenvalue weighted by atomic mass is 10.1. The monoisotopic (exact) mass is 387 g/mol. The van der Waals surface area contributed by atoms with E-state index in [4.69, 9.17) is 0 Å². The number of hydrogen-bond donors (Lipinski definition) is 2. The van der Waals surface area contributed by atoms with Gasteiger partial charge in [-0.1, -0.05) is 18.2 Å². The summed E-state index contributed by atoms with van der Waals surface area (Å²) in [4.78, 5) is 29.8. The number of aromatic nitrogens is 3. The number of aryl methyl sites for hydroxylation is 2. The standard InChI is InChI=1S/C22H21N5O2/c1-2-26-17-7-4-3-6-16(17)24-22(26)25-20(28)15-9-8-14-12-19-21(29)23-10-5-11-27(19)18(14)13-15/h3-4,6-9,12-13H,2,5,10-11H2,1H3,(H,23,29)(H,24,25,28). The number of hydrogen-bond acceptors (Lipinski definition) is 3. The predicted octanol–water partition coefficient (Wildman–Crippen LogP) is 3.40. The molecule has 2 N–H and O–H groups in total. The number of carbonyl (C=O) groups is 2. The van der Waals surface area contributed by atoms with E-state index in [1.54, 1.807) is 6.07 Å². The summed E-state index contributed by atoms with van der Waals surface area (Å²) in [5.74, 6) is 0.249. The van der Waals surface area contributed by atoms with Crippen molar-refractivity contribution in [3.05, 3.63) is 59.8 Å². The highest BCUT2D eigenvalue weighted by Crippen LogP contribution is 2.24. The zero-order chi connectivity index (χ0) is 20.0. The lowest BCUT2D eigenvalue weighted by Crippen LogP contribution is -2.22. The van der Waals surface area contributed by atoms with Crippen molar-refractivity contribution in [3.63, 3.8) is 0 Å². The Bertz CT molecular complexity index is 1270. The molecule has 1 aliphatic rings. The Labute approximate surface area is 167 Å². The van der Waals surface area contributed by atoms with Crippen LogP contribution >= 0.6 is 0 Å². The van der Waals surface area contributed by atoms with E-state index in [1.165, 1.54) is 0 Å². The maximum atomic E-state index is 13.0. The van der Waals surface area contributed by atoms with E-state index in [9.17, 15) is 9.59 Å². The summed E-state index contributed by atoms with van der Waals surface area (Å²) < 4.78 is 3.98. The third-order valence-electron chi connectivity index (χ3n) is 5.44. The number of para-hydroxylation sites is 2. The van der Waals surface area contributed by atoms with Gasteiger partial charge in [-0.3, -0.25) is 14.9 Å². The Morgan fingerprint density at radius 2 is 2.03 bits per heavy atom. The van der Waals surface area contributed by atoms with E-state index in [1.807, 2.05) is 58.5 Å². The first kappa shape index (κ1) is 17.5. The second-order valence-corrected chi connectivity index (χ2v) is 7.19. The molecular weight excluding hydrogens is 366 g/mol. The van der Waals surface area contributed by atoms with Crippen molar-refractivity contribution in [2.24, 2.45) is 0 Å². The first-order valence-electron chi connectivity index (χ1n) is 9.84. The molecule has 1 aliphatic heterocycles. The zero-order valence-electron chi connectivity index (χ0n) is 16.1. The summed E-state index contributed by atoms with van der Waals surface area (Å²) in [6, 6.07) is 15.2. The van der Waals surface area contributed by atoms with E-state index in [0.717, 1.165) is 34.9 Å². The molecule has 0 radical (unpaired) electrons. The Morgan fingerprint density at radius 1 is 1.17 bits per heavy atom. The third-order valence-corrected chi connectivity index (χ3v) is 5.44. The van der Waals surface area contributed by atoms with Gasteiger partial charge in [-0.15, -0.1) is 0 Å². The van der Waals surface area contributed by atoms with E-state index in [-0.39, 0.29) is 11.8 Å². The molecule has 2 aromatic heterocycles. The molecule has 0 fully saturated rings. The van der Waals surface area contributed by atoms with Crippen LogP contribution in [0.15, 0.2) is 48.5 Å². The van der Waals surface area contributed by atoms with Gasteiger partial charge in [0.2, 0.25) is 5.95 Å². The van der Waals surface area contributed by atoms with Crippen molar-refractivity contribution in [1.82, 2.24) is 19.4 Å². The minimum atomic E-state index is -0.217.